The lowest BCUT2D eigenvalue weighted by Gasteiger charge is -2.24. The molecule has 1 unspecified atom stereocenters. The Labute approximate surface area is 124 Å². The molecule has 1 saturated heterocycles. The van der Waals surface area contributed by atoms with Crippen molar-refractivity contribution in [2.75, 3.05) is 32.0 Å². The molecule has 7 heteroatoms. The fourth-order valence-electron chi connectivity index (χ4n) is 2.97. The van der Waals surface area contributed by atoms with Crippen LogP contribution >= 0.6 is 0 Å². The van der Waals surface area contributed by atoms with Crippen LogP contribution in [0.3, 0.4) is 0 Å². The monoisotopic (exact) mass is 312 g/mol. The van der Waals surface area contributed by atoms with E-state index in [0.717, 1.165) is 18.4 Å². The molecule has 0 aromatic heterocycles. The predicted octanol–water partition coefficient (Wildman–Crippen LogP) is 0.597. The Balaban J connectivity index is 2.01. The lowest BCUT2D eigenvalue weighted by molar-refractivity contribution is 0.233. The molecule has 2 aliphatic rings. The number of ether oxygens (including phenoxy) is 1. The Morgan fingerprint density at radius 2 is 2.24 bits per heavy atom. The highest BCUT2D eigenvalue weighted by Crippen LogP contribution is 2.37. The summed E-state index contributed by atoms with van der Waals surface area (Å²) in [5, 5.41) is 9.19. The van der Waals surface area contributed by atoms with E-state index in [1.165, 1.54) is 10.4 Å². The van der Waals surface area contributed by atoms with Crippen LogP contribution in [0.25, 0.3) is 0 Å². The Hall–Kier alpha value is -1.31. The molecule has 1 aromatic rings. The van der Waals surface area contributed by atoms with Gasteiger partial charge in [0.1, 0.15) is 10.6 Å². The van der Waals surface area contributed by atoms with Gasteiger partial charge in [-0.05, 0) is 42.9 Å². The van der Waals surface area contributed by atoms with Gasteiger partial charge < -0.3 is 15.6 Å². The zero-order chi connectivity index (χ0) is 15.0. The van der Waals surface area contributed by atoms with E-state index in [1.54, 1.807) is 6.07 Å². The van der Waals surface area contributed by atoms with E-state index in [0.29, 0.717) is 37.6 Å². The number of nitrogens with two attached hydrogens (primary N) is 1. The molecule has 1 fully saturated rings. The molecule has 3 N–H and O–H groups in total. The van der Waals surface area contributed by atoms with Crippen LogP contribution in [0.15, 0.2) is 17.0 Å². The first-order valence-corrected chi connectivity index (χ1v) is 8.62. The summed E-state index contributed by atoms with van der Waals surface area (Å²) in [4.78, 5) is 0.163. The van der Waals surface area contributed by atoms with Crippen LogP contribution in [-0.4, -0.2) is 44.1 Å². The van der Waals surface area contributed by atoms with E-state index in [1.807, 2.05) is 0 Å². The van der Waals surface area contributed by atoms with Gasteiger partial charge in [0.25, 0.3) is 0 Å². The number of benzene rings is 1. The second-order valence-electron chi connectivity index (χ2n) is 5.66. The van der Waals surface area contributed by atoms with Crippen LogP contribution in [-0.2, 0) is 16.4 Å². The van der Waals surface area contributed by atoms with Crippen molar-refractivity contribution in [1.82, 2.24) is 4.31 Å². The molecule has 116 valence electrons. The summed E-state index contributed by atoms with van der Waals surface area (Å²) in [6.45, 7) is 1.32. The predicted molar refractivity (Wildman–Crippen MR) is 78.6 cm³/mol. The molecule has 0 spiro atoms. The number of sulfonamides is 1. The average molecular weight is 312 g/mol. The van der Waals surface area contributed by atoms with Crippen molar-refractivity contribution in [3.8, 4) is 5.75 Å². The van der Waals surface area contributed by atoms with Gasteiger partial charge in [-0.25, -0.2) is 8.42 Å². The maximum atomic E-state index is 12.8. The standard InChI is InChI=1S/C14H20N2O4S/c15-12-6-11-2-1-5-20-14(11)13(7-12)21(18,19)16-4-3-10(8-16)9-17/h6-7,10,17H,1-5,8-9,15H2. The zero-order valence-corrected chi connectivity index (χ0v) is 12.6. The lowest BCUT2D eigenvalue weighted by atomic mass is 10.1. The highest BCUT2D eigenvalue weighted by molar-refractivity contribution is 7.89. The minimum Gasteiger partial charge on any atom is -0.492 e. The van der Waals surface area contributed by atoms with E-state index in [-0.39, 0.29) is 17.4 Å². The van der Waals surface area contributed by atoms with Crippen molar-refractivity contribution in [1.29, 1.82) is 0 Å². The quantitative estimate of drug-likeness (QED) is 0.797. The summed E-state index contributed by atoms with van der Waals surface area (Å²) in [7, 11) is -3.63. The van der Waals surface area contributed by atoms with Crippen molar-refractivity contribution < 1.29 is 18.3 Å². The third-order valence-corrected chi connectivity index (χ3v) is 5.99. The molecule has 0 saturated carbocycles. The molecule has 6 nitrogen and oxygen atoms in total. The number of hydrogen-bond acceptors (Lipinski definition) is 5. The summed E-state index contributed by atoms with van der Waals surface area (Å²) in [6, 6.07) is 3.26. The van der Waals surface area contributed by atoms with Crippen LogP contribution in [0.2, 0.25) is 0 Å². The summed E-state index contributed by atoms with van der Waals surface area (Å²) >= 11 is 0. The van der Waals surface area contributed by atoms with Crippen molar-refractivity contribution in [3.05, 3.63) is 17.7 Å². The van der Waals surface area contributed by atoms with Crippen molar-refractivity contribution in [2.45, 2.75) is 24.2 Å². The molecular formula is C14H20N2O4S. The van der Waals surface area contributed by atoms with Gasteiger partial charge in [-0.15, -0.1) is 0 Å². The van der Waals surface area contributed by atoms with Gasteiger partial charge in [-0.1, -0.05) is 0 Å². The number of nitrogens with zero attached hydrogens (tertiary/aromatic N) is 1. The fraction of sp³-hybridized carbons (Fsp3) is 0.571. The molecule has 0 aliphatic carbocycles. The highest BCUT2D eigenvalue weighted by Gasteiger charge is 2.35. The first-order chi connectivity index (χ1) is 10.0. The Morgan fingerprint density at radius 1 is 1.43 bits per heavy atom. The highest BCUT2D eigenvalue weighted by atomic mass is 32.2. The number of nitrogen functional groups attached to an aromatic ring is 1. The van der Waals surface area contributed by atoms with E-state index in [2.05, 4.69) is 0 Å². The molecule has 1 aromatic carbocycles. The van der Waals surface area contributed by atoms with E-state index in [9.17, 15) is 13.5 Å². The first kappa shape index (κ1) is 14.6. The summed E-state index contributed by atoms with van der Waals surface area (Å²) in [6.07, 6.45) is 2.33. The molecule has 2 heterocycles. The Kier molecular flexibility index (Phi) is 3.81. The molecular weight excluding hydrogens is 292 g/mol. The van der Waals surface area contributed by atoms with E-state index in [4.69, 9.17) is 10.5 Å². The molecule has 0 amide bonds. The van der Waals surface area contributed by atoms with Crippen LogP contribution in [0.1, 0.15) is 18.4 Å². The molecule has 21 heavy (non-hydrogen) atoms. The summed E-state index contributed by atoms with van der Waals surface area (Å²) in [5.41, 5.74) is 7.15. The number of aliphatic hydroxyl groups is 1. The smallest absolute Gasteiger partial charge is 0.246 e. The number of aliphatic hydroxyl groups excluding tert-OH is 1. The first-order valence-electron chi connectivity index (χ1n) is 7.18. The number of aryl methyl sites for hydroxylation is 1. The van der Waals surface area contributed by atoms with E-state index < -0.39 is 10.0 Å². The van der Waals surface area contributed by atoms with Crippen LogP contribution < -0.4 is 10.5 Å². The normalized spacial score (nSPS) is 22.8. The van der Waals surface area contributed by atoms with Gasteiger partial charge in [0, 0.05) is 25.4 Å². The number of hydrogen-bond donors (Lipinski definition) is 2. The maximum absolute atomic E-state index is 12.8. The topological polar surface area (TPSA) is 92.9 Å². The largest absolute Gasteiger partial charge is 0.492 e. The lowest BCUT2D eigenvalue weighted by Crippen LogP contribution is -2.30. The Morgan fingerprint density at radius 3 is 2.95 bits per heavy atom. The van der Waals surface area contributed by atoms with Crippen molar-refractivity contribution in [2.24, 2.45) is 5.92 Å². The van der Waals surface area contributed by atoms with Crippen LogP contribution in [0.4, 0.5) is 5.69 Å². The molecule has 1 atom stereocenters. The van der Waals surface area contributed by atoms with Crippen LogP contribution in [0.5, 0.6) is 5.75 Å². The Bertz CT molecular complexity index is 645. The van der Waals surface area contributed by atoms with Gasteiger partial charge in [-0.2, -0.15) is 4.31 Å². The number of rotatable bonds is 3. The van der Waals surface area contributed by atoms with Gasteiger partial charge in [-0.3, -0.25) is 0 Å². The minimum atomic E-state index is -3.63. The van der Waals surface area contributed by atoms with Gasteiger partial charge in [0.2, 0.25) is 10.0 Å². The average Bonchev–Trinajstić information content (AvgIpc) is 2.96. The molecule has 3 rings (SSSR count). The van der Waals surface area contributed by atoms with E-state index >= 15 is 0 Å². The van der Waals surface area contributed by atoms with Crippen molar-refractivity contribution in [3.63, 3.8) is 0 Å². The zero-order valence-electron chi connectivity index (χ0n) is 11.8. The van der Waals surface area contributed by atoms with Crippen molar-refractivity contribution >= 4 is 15.7 Å². The third kappa shape index (κ3) is 2.61. The second kappa shape index (κ2) is 5.47. The number of anilines is 1. The molecule has 0 radical (unpaired) electrons. The number of fused-ring (bicyclic) bond motifs is 1. The fourth-order valence-corrected chi connectivity index (χ4v) is 4.71. The summed E-state index contributed by atoms with van der Waals surface area (Å²) < 4.78 is 32.7. The second-order valence-corrected chi connectivity index (χ2v) is 7.57. The van der Waals surface area contributed by atoms with Gasteiger partial charge >= 0.3 is 0 Å². The third-order valence-electron chi connectivity index (χ3n) is 4.12. The van der Waals surface area contributed by atoms with Gasteiger partial charge in [0.05, 0.1) is 6.61 Å². The molecule has 0 bridgehead atoms. The maximum Gasteiger partial charge on any atom is 0.246 e. The summed E-state index contributed by atoms with van der Waals surface area (Å²) in [5.74, 6) is 0.459. The molecule has 2 aliphatic heterocycles. The van der Waals surface area contributed by atoms with Gasteiger partial charge in [0.15, 0.2) is 0 Å². The minimum absolute atomic E-state index is 0.0115. The van der Waals surface area contributed by atoms with Crippen LogP contribution in [0, 0.1) is 5.92 Å². The SMILES string of the molecule is Nc1cc2c(c(S(=O)(=O)N3CCC(CO)C3)c1)OCCC2.